The number of ketones is 1. The van der Waals surface area contributed by atoms with E-state index in [4.69, 9.17) is 23.3 Å². The zero-order valence-electron chi connectivity index (χ0n) is 8.14. The molecule has 5 nitrogen and oxygen atoms in total. The summed E-state index contributed by atoms with van der Waals surface area (Å²) in [5.41, 5.74) is 0.922. The summed E-state index contributed by atoms with van der Waals surface area (Å²) in [6.45, 7) is 1.43. The summed E-state index contributed by atoms with van der Waals surface area (Å²) in [5.74, 6) is 10.4. The molecule has 0 radical (unpaired) electrons. The molecule has 0 spiro atoms. The van der Waals surface area contributed by atoms with Gasteiger partial charge in [0.15, 0.2) is 5.78 Å². The summed E-state index contributed by atoms with van der Waals surface area (Å²) >= 11 is 5.77. The number of hydrogen-bond acceptors (Lipinski definition) is 4. The molecule has 0 bridgehead atoms. The van der Waals surface area contributed by atoms with Crippen molar-refractivity contribution < 1.29 is 4.79 Å². The van der Waals surface area contributed by atoms with Gasteiger partial charge in [0.05, 0.1) is 5.69 Å². The van der Waals surface area contributed by atoms with E-state index in [0.29, 0.717) is 16.3 Å². The molecule has 0 aliphatic heterocycles. The van der Waals surface area contributed by atoms with E-state index in [1.54, 1.807) is 18.2 Å². The van der Waals surface area contributed by atoms with Gasteiger partial charge in [-0.05, 0) is 25.1 Å². The Morgan fingerprint density at radius 2 is 2.27 bits per heavy atom. The van der Waals surface area contributed by atoms with Crippen LogP contribution in [0, 0.1) is 0 Å². The largest absolute Gasteiger partial charge is 0.322 e. The predicted octanol–water partition coefficient (Wildman–Crippen LogP) is 1.12. The Hall–Kier alpha value is -1.59. The maximum atomic E-state index is 11.3. The Kier molecular flexibility index (Phi) is 3.65. The predicted molar refractivity (Wildman–Crippen MR) is 60.8 cm³/mol. The van der Waals surface area contributed by atoms with Crippen molar-refractivity contribution in [2.75, 3.05) is 5.01 Å². The molecule has 0 fully saturated rings. The topological polar surface area (TPSA) is 84.7 Å². The van der Waals surface area contributed by atoms with Crippen LogP contribution < -0.4 is 16.7 Å². The van der Waals surface area contributed by atoms with E-state index in [1.165, 1.54) is 13.3 Å². The number of carbonyl (C=O) groups is 1. The second-order valence-electron chi connectivity index (χ2n) is 2.89. The van der Waals surface area contributed by atoms with E-state index in [2.05, 4.69) is 5.10 Å². The van der Waals surface area contributed by atoms with Gasteiger partial charge in [-0.25, -0.2) is 5.84 Å². The molecule has 0 atom stereocenters. The number of nitrogens with zero attached hydrogens (tertiary/aromatic N) is 2. The van der Waals surface area contributed by atoms with Crippen molar-refractivity contribution in [3.8, 4) is 0 Å². The summed E-state index contributed by atoms with van der Waals surface area (Å²) in [4.78, 5) is 11.3. The fourth-order valence-electron chi connectivity index (χ4n) is 1.15. The van der Waals surface area contributed by atoms with E-state index in [9.17, 15) is 4.79 Å². The molecule has 0 saturated carbocycles. The summed E-state index contributed by atoms with van der Waals surface area (Å²) in [7, 11) is 0. The van der Waals surface area contributed by atoms with E-state index >= 15 is 0 Å². The van der Waals surface area contributed by atoms with Crippen molar-refractivity contribution in [3.05, 3.63) is 28.8 Å². The van der Waals surface area contributed by atoms with E-state index in [-0.39, 0.29) is 5.78 Å². The van der Waals surface area contributed by atoms with Crippen LogP contribution >= 0.6 is 11.6 Å². The highest BCUT2D eigenvalue weighted by Gasteiger charge is 2.10. The van der Waals surface area contributed by atoms with Crippen LogP contribution in [-0.4, -0.2) is 12.1 Å². The van der Waals surface area contributed by atoms with Gasteiger partial charge in [0.25, 0.3) is 0 Å². The number of nitrogens with two attached hydrogens (primary N) is 2. The fourth-order valence-corrected chi connectivity index (χ4v) is 1.32. The number of halogens is 1. The maximum Gasteiger partial charge on any atom is 0.162 e. The van der Waals surface area contributed by atoms with Crippen LogP contribution in [0.25, 0.3) is 0 Å². The second kappa shape index (κ2) is 4.77. The molecule has 15 heavy (non-hydrogen) atoms. The van der Waals surface area contributed by atoms with Gasteiger partial charge in [-0.15, -0.1) is 0 Å². The zero-order chi connectivity index (χ0) is 11.4. The molecule has 0 saturated heterocycles. The second-order valence-corrected chi connectivity index (χ2v) is 3.33. The van der Waals surface area contributed by atoms with Gasteiger partial charge < -0.3 is 5.84 Å². The lowest BCUT2D eigenvalue weighted by Gasteiger charge is -2.15. The number of carbonyl (C=O) groups excluding carboxylic acids is 1. The normalized spacial score (nSPS) is 10.6. The molecular weight excluding hydrogens is 216 g/mol. The monoisotopic (exact) mass is 226 g/mol. The first-order valence-corrected chi connectivity index (χ1v) is 4.52. The van der Waals surface area contributed by atoms with Crippen LogP contribution in [-0.2, 0) is 0 Å². The Morgan fingerprint density at radius 3 is 2.80 bits per heavy atom. The molecule has 1 rings (SSSR count). The van der Waals surface area contributed by atoms with Crippen molar-refractivity contribution in [2.45, 2.75) is 6.92 Å². The van der Waals surface area contributed by atoms with Gasteiger partial charge in [-0.3, -0.25) is 9.80 Å². The van der Waals surface area contributed by atoms with Crippen molar-refractivity contribution in [1.82, 2.24) is 0 Å². The summed E-state index contributed by atoms with van der Waals surface area (Å²) in [6, 6.07) is 4.80. The highest BCUT2D eigenvalue weighted by atomic mass is 35.5. The molecule has 80 valence electrons. The third-order valence-corrected chi connectivity index (χ3v) is 2.04. The Labute approximate surface area is 92.3 Å². The maximum absolute atomic E-state index is 11.3. The van der Waals surface area contributed by atoms with Crippen molar-refractivity contribution in [1.29, 1.82) is 0 Å². The summed E-state index contributed by atoms with van der Waals surface area (Å²) in [6.07, 6.45) is 1.20. The molecule has 0 unspecified atom stereocenters. The molecule has 1 aromatic carbocycles. The summed E-state index contributed by atoms with van der Waals surface area (Å²) < 4.78 is 0. The lowest BCUT2D eigenvalue weighted by Crippen LogP contribution is -2.31. The highest BCUT2D eigenvalue weighted by Crippen LogP contribution is 2.22. The van der Waals surface area contributed by atoms with Gasteiger partial charge >= 0.3 is 0 Å². The Morgan fingerprint density at radius 1 is 1.60 bits per heavy atom. The SMILES string of the molecule is CC(=O)c1cc(Cl)ccc1N(N)/C=N\N. The average Bonchev–Trinajstić information content (AvgIpc) is 2.17. The Balaban J connectivity index is 3.22. The molecule has 4 N–H and O–H groups in total. The summed E-state index contributed by atoms with van der Waals surface area (Å²) in [5, 5.41) is 4.90. The number of Topliss-reactive ketones (excluding diaryl/α,β-unsaturated/α-hetero) is 1. The van der Waals surface area contributed by atoms with Crippen LogP contribution in [0.4, 0.5) is 5.69 Å². The van der Waals surface area contributed by atoms with Gasteiger partial charge in [0.2, 0.25) is 0 Å². The van der Waals surface area contributed by atoms with E-state index in [0.717, 1.165) is 5.01 Å². The van der Waals surface area contributed by atoms with Gasteiger partial charge in [-0.2, -0.15) is 5.10 Å². The van der Waals surface area contributed by atoms with Crippen molar-refractivity contribution in [2.24, 2.45) is 16.8 Å². The van der Waals surface area contributed by atoms with Gasteiger partial charge in [-0.1, -0.05) is 11.6 Å². The fraction of sp³-hybridized carbons (Fsp3) is 0.111. The van der Waals surface area contributed by atoms with Crippen molar-refractivity contribution >= 4 is 29.4 Å². The van der Waals surface area contributed by atoms with Crippen LogP contribution in [0.2, 0.25) is 5.02 Å². The van der Waals surface area contributed by atoms with Crippen molar-refractivity contribution in [3.63, 3.8) is 0 Å². The number of hydrazine groups is 1. The zero-order valence-corrected chi connectivity index (χ0v) is 8.90. The molecular formula is C9H11ClN4O. The first-order valence-electron chi connectivity index (χ1n) is 4.14. The molecule has 6 heteroatoms. The van der Waals surface area contributed by atoms with Crippen LogP contribution in [0.5, 0.6) is 0 Å². The van der Waals surface area contributed by atoms with Crippen LogP contribution in [0.3, 0.4) is 0 Å². The molecule has 1 aromatic rings. The smallest absolute Gasteiger partial charge is 0.162 e. The highest BCUT2D eigenvalue weighted by molar-refractivity contribution is 6.31. The van der Waals surface area contributed by atoms with Gasteiger partial charge in [0, 0.05) is 10.6 Å². The lowest BCUT2D eigenvalue weighted by atomic mass is 10.1. The quantitative estimate of drug-likeness (QED) is 0.266. The number of rotatable bonds is 3. The van der Waals surface area contributed by atoms with E-state index < -0.39 is 0 Å². The first-order chi connectivity index (χ1) is 7.06. The molecule has 0 aliphatic rings. The van der Waals surface area contributed by atoms with Gasteiger partial charge in [0.1, 0.15) is 6.34 Å². The third kappa shape index (κ3) is 2.68. The van der Waals surface area contributed by atoms with E-state index in [1.807, 2.05) is 0 Å². The standard InChI is InChI=1S/C9H11ClN4O/c1-6(15)8-4-7(10)2-3-9(8)14(12)5-13-11/h2-5H,11-12H2,1H3/b13-5-. The number of anilines is 1. The Bertz CT molecular complexity index is 405. The minimum atomic E-state index is -0.131. The minimum Gasteiger partial charge on any atom is -0.322 e. The van der Waals surface area contributed by atoms with Crippen LogP contribution in [0.1, 0.15) is 17.3 Å². The average molecular weight is 227 g/mol. The third-order valence-electron chi connectivity index (χ3n) is 1.81. The molecule has 0 heterocycles. The number of hydrogen-bond donors (Lipinski definition) is 2. The number of benzene rings is 1. The van der Waals surface area contributed by atoms with Crippen LogP contribution in [0.15, 0.2) is 23.3 Å². The first kappa shape index (κ1) is 11.5. The molecule has 0 amide bonds. The minimum absolute atomic E-state index is 0.131. The lowest BCUT2D eigenvalue weighted by molar-refractivity contribution is 0.101. The number of hydrazone groups is 1. The molecule has 0 aromatic heterocycles. The molecule has 0 aliphatic carbocycles.